The number of benzene rings is 2. The molecule has 5 rings (SSSR count). The fraction of sp³-hybridized carbons (Fsp3) is 0.185. The Morgan fingerprint density at radius 2 is 2.03 bits per heavy atom. The summed E-state index contributed by atoms with van der Waals surface area (Å²) < 4.78 is 5.99. The van der Waals surface area contributed by atoms with E-state index in [4.69, 9.17) is 16.0 Å². The van der Waals surface area contributed by atoms with Crippen molar-refractivity contribution in [1.82, 2.24) is 4.90 Å². The zero-order valence-electron chi connectivity index (χ0n) is 18.2. The average molecular weight is 472 g/mol. The fourth-order valence-electron chi connectivity index (χ4n) is 4.17. The van der Waals surface area contributed by atoms with E-state index in [1.54, 1.807) is 17.6 Å². The van der Waals surface area contributed by atoms with Crippen molar-refractivity contribution >= 4 is 34.2 Å². The van der Waals surface area contributed by atoms with Crippen LogP contribution in [0.15, 0.2) is 70.1 Å². The number of halogens is 1. The van der Waals surface area contributed by atoms with Crippen LogP contribution in [0, 0.1) is 18.3 Å². The molecule has 1 aliphatic heterocycles. The third-order valence-corrected chi connectivity index (χ3v) is 7.24. The summed E-state index contributed by atoms with van der Waals surface area (Å²) in [6, 6.07) is 22.4. The second-order valence-electron chi connectivity index (χ2n) is 8.16. The minimum absolute atomic E-state index is 0.644. The van der Waals surface area contributed by atoms with Crippen molar-refractivity contribution in [3.63, 3.8) is 0 Å². The molecule has 0 bridgehead atoms. The van der Waals surface area contributed by atoms with Gasteiger partial charge in [-0.2, -0.15) is 5.26 Å². The van der Waals surface area contributed by atoms with E-state index in [2.05, 4.69) is 40.2 Å². The lowest BCUT2D eigenvalue weighted by Crippen LogP contribution is -2.29. The summed E-state index contributed by atoms with van der Waals surface area (Å²) in [5.74, 6) is 1.39. The number of nitrogens with zero attached hydrogens (tertiary/aromatic N) is 3. The molecular weight excluding hydrogens is 450 g/mol. The summed E-state index contributed by atoms with van der Waals surface area (Å²) in [7, 11) is 0. The molecule has 6 heteroatoms. The van der Waals surface area contributed by atoms with E-state index in [1.165, 1.54) is 10.4 Å². The minimum Gasteiger partial charge on any atom is -0.455 e. The number of fused-ring (bicyclic) bond motifs is 1. The number of furan rings is 1. The lowest BCUT2D eigenvalue weighted by molar-refractivity contribution is 0.249. The van der Waals surface area contributed by atoms with Crippen LogP contribution in [0.4, 0.5) is 5.00 Å². The molecule has 0 saturated carbocycles. The maximum Gasteiger partial charge on any atom is 0.145 e. The van der Waals surface area contributed by atoms with Gasteiger partial charge in [0.15, 0.2) is 0 Å². The molecule has 33 heavy (non-hydrogen) atoms. The highest BCUT2D eigenvalue weighted by atomic mass is 35.5. The molecule has 0 spiro atoms. The van der Waals surface area contributed by atoms with E-state index in [-0.39, 0.29) is 0 Å². The first-order valence-electron chi connectivity index (χ1n) is 10.8. The van der Waals surface area contributed by atoms with Gasteiger partial charge in [-0.05, 0) is 54.3 Å². The van der Waals surface area contributed by atoms with Gasteiger partial charge in [-0.1, -0.05) is 48.0 Å². The van der Waals surface area contributed by atoms with Crippen LogP contribution in [-0.4, -0.2) is 17.7 Å². The van der Waals surface area contributed by atoms with Crippen molar-refractivity contribution in [2.45, 2.75) is 26.4 Å². The Morgan fingerprint density at radius 1 is 1.18 bits per heavy atom. The van der Waals surface area contributed by atoms with Crippen molar-refractivity contribution in [2.24, 2.45) is 4.99 Å². The predicted octanol–water partition coefficient (Wildman–Crippen LogP) is 7.15. The maximum absolute atomic E-state index is 9.80. The van der Waals surface area contributed by atoms with Gasteiger partial charge >= 0.3 is 0 Å². The number of thiophene rings is 1. The molecule has 0 amide bonds. The molecule has 0 N–H and O–H groups in total. The quantitative estimate of drug-likeness (QED) is 0.290. The SMILES string of the molecule is Cc1ccc(Cl)cc1-c1ccc(C=Nc2sc3c(c2C#N)CCN(Cc2ccccc2)C3)o1. The Bertz CT molecular complexity index is 1360. The standard InChI is InChI=1S/C27H22ClN3OS/c1-18-7-8-20(28)13-23(18)25-10-9-21(32-25)15-30-27-24(14-29)22-11-12-31(17-26(22)33-27)16-19-5-3-2-4-6-19/h2-10,13,15H,11-12,16-17H2,1H3. The lowest BCUT2D eigenvalue weighted by atomic mass is 10.0. The predicted molar refractivity (Wildman–Crippen MR) is 134 cm³/mol. The van der Waals surface area contributed by atoms with Gasteiger partial charge < -0.3 is 4.42 Å². The van der Waals surface area contributed by atoms with E-state index in [0.29, 0.717) is 16.3 Å². The molecule has 164 valence electrons. The Kier molecular flexibility index (Phi) is 6.15. The monoisotopic (exact) mass is 471 g/mol. The summed E-state index contributed by atoms with van der Waals surface area (Å²) in [4.78, 5) is 8.30. The smallest absolute Gasteiger partial charge is 0.145 e. The van der Waals surface area contributed by atoms with Gasteiger partial charge in [0.25, 0.3) is 0 Å². The Hall–Kier alpha value is -3.17. The van der Waals surface area contributed by atoms with Crippen molar-refractivity contribution in [3.05, 3.63) is 98.6 Å². The fourth-order valence-corrected chi connectivity index (χ4v) is 5.53. The Morgan fingerprint density at radius 3 is 2.85 bits per heavy atom. The topological polar surface area (TPSA) is 52.5 Å². The first-order valence-corrected chi connectivity index (χ1v) is 12.0. The molecule has 0 atom stereocenters. The first kappa shape index (κ1) is 21.7. The number of hydrogen-bond donors (Lipinski definition) is 0. The molecule has 0 unspecified atom stereocenters. The number of nitriles is 1. The van der Waals surface area contributed by atoms with E-state index < -0.39 is 0 Å². The largest absolute Gasteiger partial charge is 0.455 e. The van der Waals surface area contributed by atoms with Crippen LogP contribution in [0.5, 0.6) is 0 Å². The number of rotatable bonds is 5. The Balaban J connectivity index is 1.35. The van der Waals surface area contributed by atoms with Crippen LogP contribution in [0.1, 0.15) is 32.9 Å². The van der Waals surface area contributed by atoms with E-state index in [1.807, 2.05) is 43.3 Å². The van der Waals surface area contributed by atoms with E-state index in [0.717, 1.165) is 53.5 Å². The summed E-state index contributed by atoms with van der Waals surface area (Å²) >= 11 is 7.76. The molecule has 0 fully saturated rings. The highest BCUT2D eigenvalue weighted by Gasteiger charge is 2.24. The third kappa shape index (κ3) is 4.65. The molecule has 1 aliphatic rings. The molecule has 4 nitrogen and oxygen atoms in total. The number of aryl methyl sites for hydroxylation is 1. The van der Waals surface area contributed by atoms with Crippen LogP contribution in [0.3, 0.4) is 0 Å². The molecule has 2 aromatic carbocycles. The van der Waals surface area contributed by atoms with E-state index >= 15 is 0 Å². The van der Waals surface area contributed by atoms with Gasteiger partial charge in [-0.25, -0.2) is 4.99 Å². The third-order valence-electron chi connectivity index (χ3n) is 5.88. The normalized spacial score (nSPS) is 13.8. The zero-order chi connectivity index (χ0) is 22.8. The molecule has 0 saturated heterocycles. The molecule has 0 radical (unpaired) electrons. The molecule has 0 aliphatic carbocycles. The van der Waals surface area contributed by atoms with Gasteiger partial charge in [0.2, 0.25) is 0 Å². The Labute approximate surface area is 202 Å². The van der Waals surface area contributed by atoms with Gasteiger partial charge in [0.05, 0.1) is 11.8 Å². The van der Waals surface area contributed by atoms with Crippen LogP contribution in [0.2, 0.25) is 5.02 Å². The first-order chi connectivity index (χ1) is 16.1. The second-order valence-corrected chi connectivity index (χ2v) is 9.68. The summed E-state index contributed by atoms with van der Waals surface area (Å²) in [5.41, 5.74) is 5.21. The van der Waals surface area contributed by atoms with Crippen LogP contribution < -0.4 is 0 Å². The molecule has 2 aromatic heterocycles. The van der Waals surface area contributed by atoms with E-state index in [9.17, 15) is 5.26 Å². The summed E-state index contributed by atoms with van der Waals surface area (Å²) in [6.45, 7) is 4.73. The summed E-state index contributed by atoms with van der Waals surface area (Å²) in [5, 5.41) is 11.2. The van der Waals surface area contributed by atoms with Gasteiger partial charge in [0.1, 0.15) is 22.6 Å². The minimum atomic E-state index is 0.644. The lowest BCUT2D eigenvalue weighted by Gasteiger charge is -2.26. The van der Waals surface area contributed by atoms with Crippen molar-refractivity contribution in [2.75, 3.05) is 6.54 Å². The highest BCUT2D eigenvalue weighted by molar-refractivity contribution is 7.16. The second kappa shape index (κ2) is 9.36. The van der Waals surface area contributed by atoms with Gasteiger partial charge in [0, 0.05) is 35.1 Å². The van der Waals surface area contributed by atoms with Crippen molar-refractivity contribution in [3.8, 4) is 17.4 Å². The van der Waals surface area contributed by atoms with Crippen LogP contribution in [0.25, 0.3) is 11.3 Å². The summed E-state index contributed by atoms with van der Waals surface area (Å²) in [6.07, 6.45) is 2.57. The van der Waals surface area contributed by atoms with Gasteiger partial charge in [-0.15, -0.1) is 11.3 Å². The highest BCUT2D eigenvalue weighted by Crippen LogP contribution is 2.39. The van der Waals surface area contributed by atoms with Gasteiger partial charge in [-0.3, -0.25) is 4.90 Å². The van der Waals surface area contributed by atoms with Crippen LogP contribution in [-0.2, 0) is 19.5 Å². The van der Waals surface area contributed by atoms with Crippen molar-refractivity contribution < 1.29 is 4.42 Å². The molecular formula is C27H22ClN3OS. The maximum atomic E-state index is 9.80. The van der Waals surface area contributed by atoms with Crippen LogP contribution >= 0.6 is 22.9 Å². The molecule has 4 aromatic rings. The number of hydrogen-bond acceptors (Lipinski definition) is 5. The molecule has 3 heterocycles. The average Bonchev–Trinajstić information content (AvgIpc) is 3.43. The zero-order valence-corrected chi connectivity index (χ0v) is 19.8. The number of aliphatic imine (C=N–C) groups is 1. The van der Waals surface area contributed by atoms with Crippen molar-refractivity contribution in [1.29, 1.82) is 5.26 Å².